The first-order chi connectivity index (χ1) is 12.3. The van der Waals surface area contributed by atoms with Crippen molar-refractivity contribution in [3.8, 4) is 0 Å². The highest BCUT2D eigenvalue weighted by Crippen LogP contribution is 2.28. The van der Waals surface area contributed by atoms with Crippen LogP contribution in [0.4, 0.5) is 10.1 Å². The van der Waals surface area contributed by atoms with E-state index in [1.165, 1.54) is 12.1 Å². The van der Waals surface area contributed by atoms with Crippen LogP contribution in [0.25, 0.3) is 11.0 Å². The first kappa shape index (κ1) is 18.6. The van der Waals surface area contributed by atoms with Crippen LogP contribution in [0.3, 0.4) is 0 Å². The van der Waals surface area contributed by atoms with Gasteiger partial charge in [-0.3, -0.25) is 4.79 Å². The van der Waals surface area contributed by atoms with E-state index in [2.05, 4.69) is 37.2 Å². The van der Waals surface area contributed by atoms with Crippen molar-refractivity contribution in [3.05, 3.63) is 62.5 Å². The average Bonchev–Trinajstić information content (AvgIpc) is 2.92. The van der Waals surface area contributed by atoms with E-state index in [0.717, 1.165) is 9.86 Å². The largest absolute Gasteiger partial charge is 0.450 e. The van der Waals surface area contributed by atoms with Gasteiger partial charge in [-0.15, -0.1) is 0 Å². The number of rotatable bonds is 4. The van der Waals surface area contributed by atoms with Crippen LogP contribution in [0.2, 0.25) is 0 Å². The zero-order chi connectivity index (χ0) is 18.8. The van der Waals surface area contributed by atoms with Crippen LogP contribution >= 0.6 is 31.9 Å². The number of hydrogen-bond acceptors (Lipinski definition) is 4. The summed E-state index contributed by atoms with van der Waals surface area (Å²) in [7, 11) is 0. The number of furan rings is 1. The van der Waals surface area contributed by atoms with E-state index in [1.807, 2.05) is 6.07 Å². The molecule has 0 saturated carbocycles. The van der Waals surface area contributed by atoms with Gasteiger partial charge in [0.2, 0.25) is 5.76 Å². The normalized spacial score (nSPS) is 10.8. The topological polar surface area (TPSA) is 68.5 Å². The molecule has 0 aliphatic rings. The Morgan fingerprint density at radius 2 is 1.85 bits per heavy atom. The molecule has 1 N–H and O–H groups in total. The molecule has 5 nitrogen and oxygen atoms in total. The van der Waals surface area contributed by atoms with Gasteiger partial charge in [-0.1, -0.05) is 31.9 Å². The molecular formula is C18H12Br2FNO4. The summed E-state index contributed by atoms with van der Waals surface area (Å²) >= 11 is 6.49. The van der Waals surface area contributed by atoms with Gasteiger partial charge in [-0.2, -0.15) is 0 Å². The summed E-state index contributed by atoms with van der Waals surface area (Å²) in [4.78, 5) is 24.1. The van der Waals surface area contributed by atoms with Gasteiger partial charge in [-0.25, -0.2) is 9.18 Å². The predicted octanol–water partition coefficient (Wildman–Crippen LogP) is 5.20. The molecule has 1 aromatic heterocycles. The molecule has 3 rings (SSSR count). The number of aryl methyl sites for hydroxylation is 1. The number of esters is 1. The van der Waals surface area contributed by atoms with Gasteiger partial charge < -0.3 is 14.5 Å². The molecule has 0 aliphatic carbocycles. The van der Waals surface area contributed by atoms with Crippen molar-refractivity contribution < 1.29 is 23.1 Å². The molecule has 0 fully saturated rings. The second kappa shape index (κ2) is 7.59. The molecular weight excluding hydrogens is 473 g/mol. The lowest BCUT2D eigenvalue weighted by molar-refractivity contribution is -0.119. The zero-order valence-electron chi connectivity index (χ0n) is 13.4. The minimum atomic E-state index is -0.763. The number of carbonyl (C=O) groups is 2. The van der Waals surface area contributed by atoms with Crippen molar-refractivity contribution in [3.63, 3.8) is 0 Å². The smallest absolute Gasteiger partial charge is 0.375 e. The Balaban J connectivity index is 1.67. The fraction of sp³-hybridized carbons (Fsp3) is 0.111. The highest BCUT2D eigenvalue weighted by molar-refractivity contribution is 9.10. The number of carbonyl (C=O) groups excluding carboxylic acids is 2. The number of anilines is 1. The molecule has 0 atom stereocenters. The monoisotopic (exact) mass is 483 g/mol. The molecule has 0 radical (unpaired) electrons. The lowest BCUT2D eigenvalue weighted by Crippen LogP contribution is -2.21. The Bertz CT molecular complexity index is 1020. The average molecular weight is 485 g/mol. The third-order valence-corrected chi connectivity index (χ3v) is 4.61. The molecule has 8 heteroatoms. The van der Waals surface area contributed by atoms with E-state index >= 15 is 0 Å². The fourth-order valence-corrected chi connectivity index (χ4v) is 3.06. The van der Waals surface area contributed by atoms with Crippen LogP contribution in [-0.2, 0) is 9.53 Å². The molecule has 1 amide bonds. The zero-order valence-corrected chi connectivity index (χ0v) is 16.6. The van der Waals surface area contributed by atoms with Crippen LogP contribution in [0.15, 0.2) is 49.8 Å². The Morgan fingerprint density at radius 1 is 1.15 bits per heavy atom. The van der Waals surface area contributed by atoms with Crippen molar-refractivity contribution in [2.45, 2.75) is 6.92 Å². The molecule has 0 spiro atoms. The second-order valence-electron chi connectivity index (χ2n) is 5.45. The van der Waals surface area contributed by atoms with E-state index in [0.29, 0.717) is 15.6 Å². The maximum Gasteiger partial charge on any atom is 0.375 e. The second-order valence-corrected chi connectivity index (χ2v) is 7.28. The first-order valence-corrected chi connectivity index (χ1v) is 9.04. The summed E-state index contributed by atoms with van der Waals surface area (Å²) in [5, 5.41) is 3.12. The van der Waals surface area contributed by atoms with Crippen molar-refractivity contribution in [2.75, 3.05) is 11.9 Å². The van der Waals surface area contributed by atoms with Crippen LogP contribution in [0.5, 0.6) is 0 Å². The van der Waals surface area contributed by atoms with Crippen molar-refractivity contribution in [2.24, 2.45) is 0 Å². The number of halogens is 3. The van der Waals surface area contributed by atoms with Gasteiger partial charge in [-0.05, 0) is 43.3 Å². The van der Waals surface area contributed by atoms with E-state index in [-0.39, 0.29) is 11.4 Å². The molecule has 3 aromatic rings. The van der Waals surface area contributed by atoms with Gasteiger partial charge in [0, 0.05) is 19.9 Å². The Morgan fingerprint density at radius 3 is 2.58 bits per heavy atom. The number of benzene rings is 2. The minimum absolute atomic E-state index is 0.000910. The van der Waals surface area contributed by atoms with Gasteiger partial charge in [0.25, 0.3) is 5.91 Å². The lowest BCUT2D eigenvalue weighted by atomic mass is 10.1. The molecule has 1 heterocycles. The van der Waals surface area contributed by atoms with Gasteiger partial charge in [0.15, 0.2) is 6.61 Å². The molecule has 0 aliphatic heterocycles. The van der Waals surface area contributed by atoms with E-state index in [9.17, 15) is 14.0 Å². The van der Waals surface area contributed by atoms with E-state index in [1.54, 1.807) is 25.1 Å². The third kappa shape index (κ3) is 3.96. The number of ether oxygens (including phenoxy) is 1. The number of hydrogen-bond donors (Lipinski definition) is 1. The van der Waals surface area contributed by atoms with Gasteiger partial charge in [0.1, 0.15) is 11.4 Å². The first-order valence-electron chi connectivity index (χ1n) is 7.46. The van der Waals surface area contributed by atoms with Crippen LogP contribution in [-0.4, -0.2) is 18.5 Å². The maximum atomic E-state index is 13.7. The van der Waals surface area contributed by atoms with Crippen LogP contribution in [0, 0.1) is 12.7 Å². The highest BCUT2D eigenvalue weighted by Gasteiger charge is 2.20. The Labute approximate surface area is 164 Å². The summed E-state index contributed by atoms with van der Waals surface area (Å²) in [6, 6.07) is 9.55. The molecule has 26 heavy (non-hydrogen) atoms. The predicted molar refractivity (Wildman–Crippen MR) is 102 cm³/mol. The summed E-state index contributed by atoms with van der Waals surface area (Å²) in [6.45, 7) is 1.17. The van der Waals surface area contributed by atoms with E-state index in [4.69, 9.17) is 9.15 Å². The standard InChI is InChI=1S/C18H12Br2FNO4/c1-9-12-6-10(19)3-5-15(12)26-17(9)18(24)25-8-16(23)22-14-4-2-11(20)7-13(14)21/h2-7H,8H2,1H3,(H,22,23). The molecule has 0 bridgehead atoms. The summed E-state index contributed by atoms with van der Waals surface area (Å²) < 4.78 is 25.6. The fourth-order valence-electron chi connectivity index (χ4n) is 2.36. The SMILES string of the molecule is Cc1c(C(=O)OCC(=O)Nc2ccc(Br)cc2F)oc2ccc(Br)cc12. The molecule has 2 aromatic carbocycles. The highest BCUT2D eigenvalue weighted by atomic mass is 79.9. The summed E-state index contributed by atoms with van der Waals surface area (Å²) in [5.74, 6) is -1.99. The maximum absolute atomic E-state index is 13.7. The summed E-state index contributed by atoms with van der Waals surface area (Å²) in [6.07, 6.45) is 0. The lowest BCUT2D eigenvalue weighted by Gasteiger charge is -2.07. The summed E-state index contributed by atoms with van der Waals surface area (Å²) in [5.41, 5.74) is 1.16. The van der Waals surface area contributed by atoms with Crippen molar-refractivity contribution >= 4 is 60.4 Å². The van der Waals surface area contributed by atoms with Gasteiger partial charge >= 0.3 is 5.97 Å². The van der Waals surface area contributed by atoms with E-state index < -0.39 is 24.3 Å². The quantitative estimate of drug-likeness (QED) is 0.516. The Hall–Kier alpha value is -2.19. The van der Waals surface area contributed by atoms with Gasteiger partial charge in [0.05, 0.1) is 5.69 Å². The molecule has 0 unspecified atom stereocenters. The number of amides is 1. The Kier molecular flexibility index (Phi) is 5.43. The number of fused-ring (bicyclic) bond motifs is 1. The van der Waals surface area contributed by atoms with Crippen LogP contribution < -0.4 is 5.32 Å². The number of nitrogens with one attached hydrogen (secondary N) is 1. The van der Waals surface area contributed by atoms with Crippen molar-refractivity contribution in [1.82, 2.24) is 0 Å². The third-order valence-electron chi connectivity index (χ3n) is 3.62. The molecule has 0 saturated heterocycles. The molecule has 134 valence electrons. The van der Waals surface area contributed by atoms with Crippen molar-refractivity contribution in [1.29, 1.82) is 0 Å². The van der Waals surface area contributed by atoms with Crippen LogP contribution in [0.1, 0.15) is 16.1 Å². The minimum Gasteiger partial charge on any atom is -0.450 e.